The van der Waals surface area contributed by atoms with Crippen LogP contribution in [-0.4, -0.2) is 125 Å². The van der Waals surface area contributed by atoms with Gasteiger partial charge in [0.25, 0.3) is 0 Å². The number of alkyl carbamates (subject to hydrolysis) is 1. The van der Waals surface area contributed by atoms with Gasteiger partial charge in [0.15, 0.2) is 0 Å². The minimum Gasteiger partial charge on any atom is -0.449 e. The van der Waals surface area contributed by atoms with Crippen LogP contribution in [0.3, 0.4) is 0 Å². The smallest absolute Gasteiger partial charge is 0.407 e. The topological polar surface area (TPSA) is 171 Å². The molecule has 278 valence electrons. The second kappa shape index (κ2) is 41.7. The molecule has 1 amide bonds. The molecule has 0 aliphatic rings. The summed E-state index contributed by atoms with van der Waals surface area (Å²) in [6.45, 7) is 21.0. The van der Waals surface area contributed by atoms with Crippen molar-refractivity contribution in [3.8, 4) is 0 Å². The fourth-order valence-electron chi connectivity index (χ4n) is 3.70. The highest BCUT2D eigenvalue weighted by Gasteiger charge is 2.37. The molecule has 0 heterocycles. The summed E-state index contributed by atoms with van der Waals surface area (Å²) in [4.78, 5) is 39.5. The predicted octanol–water partition coefficient (Wildman–Crippen LogP) is 3.68. The molecule has 0 spiro atoms. The molecule has 0 aliphatic carbocycles. The first-order chi connectivity index (χ1) is 23.2. The highest BCUT2D eigenvalue weighted by molar-refractivity contribution is 5.67. The number of methoxy groups -OCH3 is 3. The van der Waals surface area contributed by atoms with Gasteiger partial charge in [0, 0.05) is 27.9 Å². The van der Waals surface area contributed by atoms with Crippen LogP contribution in [0.15, 0.2) is 63.3 Å². The van der Waals surface area contributed by atoms with Crippen molar-refractivity contribution in [2.75, 3.05) is 100 Å². The third kappa shape index (κ3) is 35.6. The molecule has 0 saturated heterocycles. The third-order valence-corrected chi connectivity index (χ3v) is 5.65. The van der Waals surface area contributed by atoms with Gasteiger partial charge in [-0.15, -0.1) is 13.2 Å². The number of rotatable bonds is 29. The van der Waals surface area contributed by atoms with E-state index in [0.29, 0.717) is 71.6 Å². The molecule has 0 radical (unpaired) electrons. The molecule has 48 heavy (non-hydrogen) atoms. The number of carbonyl (C=O) groups is 4. The van der Waals surface area contributed by atoms with E-state index in [1.54, 1.807) is 33.5 Å². The van der Waals surface area contributed by atoms with E-state index in [9.17, 15) is 4.79 Å². The van der Waals surface area contributed by atoms with E-state index in [-0.39, 0.29) is 26.4 Å². The lowest BCUT2D eigenvalue weighted by Crippen LogP contribution is -2.46. The van der Waals surface area contributed by atoms with Crippen molar-refractivity contribution in [2.24, 2.45) is 16.6 Å². The standard InChI is InChI=1S/C26H50N2O8.3C3H4O/c1-6-14-33-19-25(16-30-3,17-31-4)21-35-22-26(18-32-5,20-34-15-7-2)23-36-24(29)28-13-11-9-8-10-12-27;3*1-2-3-4/h6-7H,1-2,8-23,27H2,3-5H3,(H,28,29);3*2-3H,1H2. The van der Waals surface area contributed by atoms with Gasteiger partial charge in [-0.1, -0.05) is 44.7 Å². The van der Waals surface area contributed by atoms with E-state index < -0.39 is 16.9 Å². The van der Waals surface area contributed by atoms with Crippen molar-refractivity contribution < 1.29 is 52.3 Å². The molecule has 0 fully saturated rings. The molecular weight excluding hydrogens is 624 g/mol. The molecule has 13 heteroatoms. The van der Waals surface area contributed by atoms with Crippen molar-refractivity contribution >= 4 is 25.0 Å². The third-order valence-electron chi connectivity index (χ3n) is 5.65. The van der Waals surface area contributed by atoms with E-state index in [0.717, 1.165) is 25.7 Å². The Morgan fingerprint density at radius 1 is 0.604 bits per heavy atom. The molecule has 0 saturated carbocycles. The highest BCUT2D eigenvalue weighted by Crippen LogP contribution is 2.25. The van der Waals surface area contributed by atoms with Gasteiger partial charge in [-0.2, -0.15) is 0 Å². The quantitative estimate of drug-likeness (QED) is 0.0507. The Morgan fingerprint density at radius 3 is 1.33 bits per heavy atom. The number of hydrogen-bond acceptors (Lipinski definition) is 12. The van der Waals surface area contributed by atoms with Crippen molar-refractivity contribution in [2.45, 2.75) is 25.7 Å². The molecular formula is C35H62N2O11. The zero-order valence-electron chi connectivity index (χ0n) is 29.5. The molecule has 1 atom stereocenters. The SMILES string of the molecule is C=CC=O.C=CC=O.C=CC=O.C=CCOCC(COC)(COC)COCC(COC)(COCC=C)COC(=O)NCCCCCCN. The maximum atomic E-state index is 12.3. The number of aldehydes is 3. The molecule has 1 unspecified atom stereocenters. The van der Waals surface area contributed by atoms with E-state index in [1.165, 1.54) is 18.2 Å². The molecule has 0 aliphatic heterocycles. The summed E-state index contributed by atoms with van der Waals surface area (Å²) in [6, 6.07) is 0. The average Bonchev–Trinajstić information content (AvgIpc) is 3.09. The van der Waals surface area contributed by atoms with Gasteiger partial charge in [-0.05, 0) is 37.6 Å². The summed E-state index contributed by atoms with van der Waals surface area (Å²) < 4.78 is 39.5. The normalized spacial score (nSPS) is 11.2. The Balaban J connectivity index is -0.000000687. The Kier molecular flexibility index (Phi) is 44.8. The minimum atomic E-state index is -0.718. The zero-order valence-corrected chi connectivity index (χ0v) is 29.5. The van der Waals surface area contributed by atoms with Crippen molar-refractivity contribution in [3.63, 3.8) is 0 Å². The van der Waals surface area contributed by atoms with Crippen LogP contribution in [-0.2, 0) is 47.5 Å². The molecule has 0 rings (SSSR count). The lowest BCUT2D eigenvalue weighted by molar-refractivity contribution is -0.125. The molecule has 0 bridgehead atoms. The van der Waals surface area contributed by atoms with Crippen molar-refractivity contribution in [1.82, 2.24) is 5.32 Å². The van der Waals surface area contributed by atoms with Crippen LogP contribution in [0.25, 0.3) is 0 Å². The maximum absolute atomic E-state index is 12.3. The number of nitrogens with two attached hydrogens (primary N) is 1. The minimum absolute atomic E-state index is 0.0610. The number of ether oxygens (including phenoxy) is 7. The van der Waals surface area contributed by atoms with Crippen LogP contribution in [0, 0.1) is 10.8 Å². The summed E-state index contributed by atoms with van der Waals surface area (Å²) >= 11 is 0. The van der Waals surface area contributed by atoms with Crippen LogP contribution in [0.5, 0.6) is 0 Å². The van der Waals surface area contributed by atoms with Crippen LogP contribution < -0.4 is 11.1 Å². The Labute approximate surface area is 288 Å². The number of carbonyl (C=O) groups excluding carboxylic acids is 4. The van der Waals surface area contributed by atoms with Gasteiger partial charge in [-0.3, -0.25) is 14.4 Å². The molecule has 0 aromatic heterocycles. The Bertz CT molecular complexity index is 772. The number of nitrogens with one attached hydrogen (secondary N) is 1. The van der Waals surface area contributed by atoms with Gasteiger partial charge in [0.05, 0.1) is 70.3 Å². The van der Waals surface area contributed by atoms with Gasteiger partial charge in [-0.25, -0.2) is 4.79 Å². The molecule has 3 N–H and O–H groups in total. The number of unbranched alkanes of at least 4 members (excludes halogenated alkanes) is 3. The predicted molar refractivity (Wildman–Crippen MR) is 189 cm³/mol. The number of hydrogen-bond donors (Lipinski definition) is 2. The van der Waals surface area contributed by atoms with Crippen LogP contribution >= 0.6 is 0 Å². The summed E-state index contributed by atoms with van der Waals surface area (Å²) in [5, 5.41) is 2.80. The van der Waals surface area contributed by atoms with Gasteiger partial charge in [0.1, 0.15) is 25.5 Å². The van der Waals surface area contributed by atoms with E-state index in [4.69, 9.17) is 53.3 Å². The van der Waals surface area contributed by atoms with E-state index >= 15 is 0 Å². The molecule has 0 aromatic carbocycles. The largest absolute Gasteiger partial charge is 0.449 e. The second-order valence-corrected chi connectivity index (χ2v) is 10.2. The molecule has 13 nitrogen and oxygen atoms in total. The average molecular weight is 687 g/mol. The summed E-state index contributed by atoms with van der Waals surface area (Å²) in [6.07, 6.45) is 12.3. The van der Waals surface area contributed by atoms with Gasteiger partial charge in [0.2, 0.25) is 0 Å². The Morgan fingerprint density at radius 2 is 0.979 bits per heavy atom. The fraction of sp³-hybridized carbons (Fsp3) is 0.600. The zero-order chi connectivity index (χ0) is 37.2. The lowest BCUT2D eigenvalue weighted by atomic mass is 9.90. The van der Waals surface area contributed by atoms with Gasteiger partial charge < -0.3 is 44.2 Å². The Hall–Kier alpha value is -3.30. The highest BCUT2D eigenvalue weighted by atomic mass is 16.6. The van der Waals surface area contributed by atoms with Gasteiger partial charge >= 0.3 is 6.09 Å². The van der Waals surface area contributed by atoms with E-state index in [1.807, 2.05) is 0 Å². The number of amides is 1. The summed E-state index contributed by atoms with van der Waals surface area (Å²) in [5.74, 6) is 0. The van der Waals surface area contributed by atoms with Crippen LogP contribution in [0.1, 0.15) is 25.7 Å². The molecule has 0 aromatic rings. The maximum Gasteiger partial charge on any atom is 0.407 e. The first kappa shape index (κ1) is 51.5. The fourth-order valence-corrected chi connectivity index (χ4v) is 3.70. The summed E-state index contributed by atoms with van der Waals surface area (Å²) in [7, 11) is 4.84. The van der Waals surface area contributed by atoms with Crippen molar-refractivity contribution in [3.05, 3.63) is 63.3 Å². The van der Waals surface area contributed by atoms with E-state index in [2.05, 4.69) is 38.2 Å². The second-order valence-electron chi connectivity index (χ2n) is 10.2. The lowest BCUT2D eigenvalue weighted by Gasteiger charge is -2.35. The first-order valence-electron chi connectivity index (χ1n) is 15.4. The number of allylic oxidation sites excluding steroid dienone is 3. The van der Waals surface area contributed by atoms with Crippen LogP contribution in [0.2, 0.25) is 0 Å². The van der Waals surface area contributed by atoms with Crippen molar-refractivity contribution in [1.29, 1.82) is 0 Å². The summed E-state index contributed by atoms with van der Waals surface area (Å²) in [5.41, 5.74) is 4.27. The van der Waals surface area contributed by atoms with Crippen LogP contribution in [0.4, 0.5) is 4.79 Å². The first-order valence-corrected chi connectivity index (χ1v) is 15.4. The monoisotopic (exact) mass is 686 g/mol.